The fourth-order valence-corrected chi connectivity index (χ4v) is 3.65. The van der Waals surface area contributed by atoms with Gasteiger partial charge >= 0.3 is 0 Å². The molecule has 0 aliphatic heterocycles. The minimum absolute atomic E-state index is 0.166. The normalized spacial score (nSPS) is 10.9. The predicted octanol–water partition coefficient (Wildman–Crippen LogP) is 2.70. The first-order valence-corrected chi connectivity index (χ1v) is 8.94. The van der Waals surface area contributed by atoms with Gasteiger partial charge in [0.15, 0.2) is 10.9 Å². The van der Waals surface area contributed by atoms with Crippen LogP contribution in [0.25, 0.3) is 10.6 Å². The molecule has 2 N–H and O–H groups in total. The van der Waals surface area contributed by atoms with Gasteiger partial charge in [0.25, 0.3) is 5.91 Å². The molecule has 3 aromatic heterocycles. The molecular weight excluding hydrogens is 330 g/mol. The fraction of sp³-hybridized carbons (Fsp3) is 0.267. The van der Waals surface area contributed by atoms with Gasteiger partial charge in [0.2, 0.25) is 0 Å². The molecule has 0 aliphatic rings. The van der Waals surface area contributed by atoms with Gasteiger partial charge in [-0.05, 0) is 25.1 Å². The Hall–Kier alpha value is -2.06. The highest BCUT2D eigenvalue weighted by atomic mass is 32.2. The van der Waals surface area contributed by atoms with Crippen LogP contribution < -0.4 is 5.32 Å². The molecule has 3 aromatic rings. The van der Waals surface area contributed by atoms with E-state index in [-0.39, 0.29) is 5.91 Å². The molecule has 0 unspecified atom stereocenters. The molecule has 23 heavy (non-hydrogen) atoms. The van der Waals surface area contributed by atoms with E-state index >= 15 is 0 Å². The summed E-state index contributed by atoms with van der Waals surface area (Å²) in [6.07, 6.45) is 3.66. The number of hydrogen-bond acceptors (Lipinski definition) is 5. The lowest BCUT2D eigenvalue weighted by molar-refractivity contribution is 0.0951. The molecule has 0 saturated carbocycles. The van der Waals surface area contributed by atoms with Crippen LogP contribution in [0.1, 0.15) is 15.4 Å². The highest BCUT2D eigenvalue weighted by molar-refractivity contribution is 7.99. The molecule has 1 amide bonds. The molecule has 0 spiro atoms. The van der Waals surface area contributed by atoms with Crippen molar-refractivity contribution in [1.29, 1.82) is 0 Å². The highest BCUT2D eigenvalue weighted by Crippen LogP contribution is 2.26. The molecule has 0 bridgehead atoms. The Morgan fingerprint density at radius 2 is 2.35 bits per heavy atom. The van der Waals surface area contributed by atoms with Crippen LogP contribution in [0.2, 0.25) is 0 Å². The van der Waals surface area contributed by atoms with E-state index in [1.165, 1.54) is 4.88 Å². The van der Waals surface area contributed by atoms with Gasteiger partial charge in [-0.2, -0.15) is 5.10 Å². The highest BCUT2D eigenvalue weighted by Gasteiger charge is 2.12. The van der Waals surface area contributed by atoms with Crippen molar-refractivity contribution < 1.29 is 4.79 Å². The van der Waals surface area contributed by atoms with Crippen molar-refractivity contribution >= 4 is 29.0 Å². The van der Waals surface area contributed by atoms with Crippen LogP contribution in [0.3, 0.4) is 0 Å². The van der Waals surface area contributed by atoms with E-state index in [9.17, 15) is 4.79 Å². The maximum atomic E-state index is 12.1. The number of imidazole rings is 1. The van der Waals surface area contributed by atoms with Crippen molar-refractivity contribution in [2.75, 3.05) is 12.3 Å². The summed E-state index contributed by atoms with van der Waals surface area (Å²) in [6, 6.07) is 5.86. The van der Waals surface area contributed by atoms with Crippen LogP contribution in [0, 0.1) is 6.92 Å². The van der Waals surface area contributed by atoms with E-state index in [1.807, 2.05) is 23.9 Å². The SMILES string of the molecule is Cc1ccc(-c2cc(C(=O)NCCSc3nccn3C)n[nH]2)s1. The number of aryl methyl sites for hydroxylation is 2. The Labute approximate surface area is 142 Å². The van der Waals surface area contributed by atoms with Gasteiger partial charge in [-0.25, -0.2) is 4.98 Å². The van der Waals surface area contributed by atoms with Crippen molar-refractivity contribution in [3.05, 3.63) is 41.2 Å². The number of carbonyl (C=O) groups is 1. The summed E-state index contributed by atoms with van der Waals surface area (Å²) in [5.74, 6) is 0.596. The van der Waals surface area contributed by atoms with Gasteiger partial charge < -0.3 is 9.88 Å². The van der Waals surface area contributed by atoms with Crippen molar-refractivity contribution in [3.63, 3.8) is 0 Å². The van der Waals surface area contributed by atoms with E-state index in [4.69, 9.17) is 0 Å². The molecule has 0 atom stereocenters. The molecular formula is C15H17N5OS2. The zero-order chi connectivity index (χ0) is 16.2. The molecule has 0 aromatic carbocycles. The van der Waals surface area contributed by atoms with Crippen molar-refractivity contribution in [3.8, 4) is 10.6 Å². The molecule has 6 nitrogen and oxygen atoms in total. The number of nitrogens with one attached hydrogen (secondary N) is 2. The van der Waals surface area contributed by atoms with E-state index in [0.29, 0.717) is 12.2 Å². The molecule has 3 rings (SSSR count). The first-order chi connectivity index (χ1) is 11.1. The Bertz CT molecular complexity index is 804. The zero-order valence-corrected chi connectivity index (χ0v) is 14.5. The minimum Gasteiger partial charge on any atom is -0.350 e. The predicted molar refractivity (Wildman–Crippen MR) is 92.9 cm³/mol. The third kappa shape index (κ3) is 3.83. The van der Waals surface area contributed by atoms with Crippen LogP contribution in [-0.2, 0) is 7.05 Å². The molecule has 8 heteroatoms. The number of nitrogens with zero attached hydrogens (tertiary/aromatic N) is 3. The largest absolute Gasteiger partial charge is 0.350 e. The molecule has 0 saturated heterocycles. The van der Waals surface area contributed by atoms with Crippen molar-refractivity contribution in [2.45, 2.75) is 12.1 Å². The molecule has 0 aliphatic carbocycles. The first-order valence-electron chi connectivity index (χ1n) is 7.14. The molecule has 0 radical (unpaired) electrons. The first kappa shape index (κ1) is 15.8. The molecule has 0 fully saturated rings. The summed E-state index contributed by atoms with van der Waals surface area (Å²) >= 11 is 3.28. The van der Waals surface area contributed by atoms with Gasteiger partial charge in [0.05, 0.1) is 10.6 Å². The molecule has 120 valence electrons. The number of hydrogen-bond donors (Lipinski definition) is 2. The van der Waals surface area contributed by atoms with Gasteiger partial charge in [-0.1, -0.05) is 11.8 Å². The second-order valence-electron chi connectivity index (χ2n) is 5.00. The maximum absolute atomic E-state index is 12.1. The van der Waals surface area contributed by atoms with Crippen molar-refractivity contribution in [2.24, 2.45) is 7.05 Å². The number of aromatic nitrogens is 4. The monoisotopic (exact) mass is 347 g/mol. The third-order valence-electron chi connectivity index (χ3n) is 3.21. The average molecular weight is 347 g/mol. The lowest BCUT2D eigenvalue weighted by atomic mass is 10.3. The second-order valence-corrected chi connectivity index (χ2v) is 7.35. The smallest absolute Gasteiger partial charge is 0.271 e. The molecule has 3 heterocycles. The Kier molecular flexibility index (Phi) is 4.82. The summed E-state index contributed by atoms with van der Waals surface area (Å²) in [6.45, 7) is 2.62. The van der Waals surface area contributed by atoms with E-state index in [0.717, 1.165) is 21.5 Å². The number of thioether (sulfide) groups is 1. The lowest BCUT2D eigenvalue weighted by Gasteiger charge is -2.03. The van der Waals surface area contributed by atoms with Gasteiger partial charge in [-0.3, -0.25) is 9.89 Å². The fourth-order valence-electron chi connectivity index (χ4n) is 2.03. The number of H-pyrrole nitrogens is 1. The number of carbonyl (C=O) groups excluding carboxylic acids is 1. The average Bonchev–Trinajstić information content (AvgIpc) is 3.24. The Morgan fingerprint density at radius 1 is 1.48 bits per heavy atom. The van der Waals surface area contributed by atoms with Gasteiger partial charge in [0.1, 0.15) is 0 Å². The van der Waals surface area contributed by atoms with E-state index in [2.05, 4.69) is 33.5 Å². The summed E-state index contributed by atoms with van der Waals surface area (Å²) in [7, 11) is 1.95. The lowest BCUT2D eigenvalue weighted by Crippen LogP contribution is -2.26. The third-order valence-corrected chi connectivity index (χ3v) is 5.31. The number of rotatable bonds is 6. The quantitative estimate of drug-likeness (QED) is 0.531. The van der Waals surface area contributed by atoms with Crippen LogP contribution in [0.5, 0.6) is 0 Å². The summed E-state index contributed by atoms with van der Waals surface area (Å²) in [5, 5.41) is 10.8. The van der Waals surface area contributed by atoms with Gasteiger partial charge in [0, 0.05) is 36.6 Å². The summed E-state index contributed by atoms with van der Waals surface area (Å²) in [4.78, 5) is 18.6. The van der Waals surface area contributed by atoms with E-state index in [1.54, 1.807) is 35.4 Å². The Balaban J connectivity index is 1.51. The van der Waals surface area contributed by atoms with Crippen LogP contribution in [0.4, 0.5) is 0 Å². The minimum atomic E-state index is -0.166. The standard InChI is InChI=1S/C15H17N5OS2/c1-10-3-4-13(23-10)11-9-12(19-18-11)14(21)16-6-8-22-15-17-5-7-20(15)2/h3-5,7,9H,6,8H2,1-2H3,(H,16,21)(H,18,19). The van der Waals surface area contributed by atoms with Crippen LogP contribution in [0.15, 0.2) is 35.7 Å². The topological polar surface area (TPSA) is 75.6 Å². The van der Waals surface area contributed by atoms with Crippen LogP contribution in [-0.4, -0.2) is 38.0 Å². The van der Waals surface area contributed by atoms with Gasteiger partial charge in [-0.15, -0.1) is 11.3 Å². The van der Waals surface area contributed by atoms with Crippen LogP contribution >= 0.6 is 23.1 Å². The number of thiophene rings is 1. The van der Waals surface area contributed by atoms with E-state index < -0.39 is 0 Å². The zero-order valence-electron chi connectivity index (χ0n) is 12.9. The number of amides is 1. The number of aromatic amines is 1. The maximum Gasteiger partial charge on any atom is 0.271 e. The summed E-state index contributed by atoms with van der Waals surface area (Å²) in [5.41, 5.74) is 1.28. The van der Waals surface area contributed by atoms with Crippen molar-refractivity contribution in [1.82, 2.24) is 25.1 Å². The summed E-state index contributed by atoms with van der Waals surface area (Å²) < 4.78 is 1.95. The Morgan fingerprint density at radius 3 is 3.04 bits per heavy atom. The second kappa shape index (κ2) is 7.01.